The van der Waals surface area contributed by atoms with Crippen molar-refractivity contribution in [2.75, 3.05) is 39.3 Å². The van der Waals surface area contributed by atoms with Crippen LogP contribution in [0.3, 0.4) is 0 Å². The maximum absolute atomic E-state index is 12.5. The fourth-order valence-electron chi connectivity index (χ4n) is 2.80. The van der Waals surface area contributed by atoms with E-state index in [2.05, 4.69) is 25.3 Å². The summed E-state index contributed by atoms with van der Waals surface area (Å²) < 4.78 is 64.1. The lowest BCUT2D eigenvalue weighted by molar-refractivity contribution is -0.143. The average Bonchev–Trinajstić information content (AvgIpc) is 3.04. The molecule has 2 rings (SSSR count). The molecule has 1 fully saturated rings. The van der Waals surface area contributed by atoms with Gasteiger partial charge in [-0.05, 0) is 25.5 Å². The molecule has 158 valence electrons. The molecule has 8 nitrogen and oxygen atoms in total. The number of nitrogens with zero attached hydrogens (tertiary/aromatic N) is 3. The third-order valence-corrected chi connectivity index (χ3v) is 5.43. The molecule has 1 aromatic rings. The molecule has 0 bridgehead atoms. The standard InChI is InChI=1S/C16H25F3N6O2S/c1-2-21-15(24-13-5-9-25(11-13)12-16(17,18)19)22-7-8-23-28(26,27)14-4-3-6-20-10-14/h3-4,6,10,13,23H,2,5,7-9,11-12H2,1H3,(H2,21,22,24). The Morgan fingerprint density at radius 2 is 2.21 bits per heavy atom. The summed E-state index contributed by atoms with van der Waals surface area (Å²) in [5, 5.41) is 6.12. The van der Waals surface area contributed by atoms with Crippen molar-refractivity contribution in [3.8, 4) is 0 Å². The molecule has 1 aliphatic rings. The smallest absolute Gasteiger partial charge is 0.357 e. The van der Waals surface area contributed by atoms with E-state index in [9.17, 15) is 21.6 Å². The predicted octanol–water partition coefficient (Wildman–Crippen LogP) is 0.552. The van der Waals surface area contributed by atoms with Gasteiger partial charge in [0.1, 0.15) is 4.90 Å². The van der Waals surface area contributed by atoms with Crippen LogP contribution in [0.2, 0.25) is 0 Å². The average molecular weight is 422 g/mol. The minimum Gasteiger partial charge on any atom is -0.357 e. The number of halogens is 3. The highest BCUT2D eigenvalue weighted by Gasteiger charge is 2.34. The molecule has 1 atom stereocenters. The molecule has 0 spiro atoms. The van der Waals surface area contributed by atoms with Crippen LogP contribution in [0.15, 0.2) is 34.4 Å². The third-order valence-electron chi connectivity index (χ3n) is 3.98. The number of rotatable bonds is 8. The zero-order valence-electron chi connectivity index (χ0n) is 15.5. The molecule has 28 heavy (non-hydrogen) atoms. The van der Waals surface area contributed by atoms with Crippen LogP contribution in [0.25, 0.3) is 0 Å². The first-order chi connectivity index (χ1) is 13.2. The van der Waals surface area contributed by atoms with Crippen molar-refractivity contribution in [3.05, 3.63) is 24.5 Å². The lowest BCUT2D eigenvalue weighted by atomic mass is 10.3. The van der Waals surface area contributed by atoms with Gasteiger partial charge in [-0.25, -0.2) is 13.1 Å². The maximum Gasteiger partial charge on any atom is 0.401 e. The number of alkyl halides is 3. The van der Waals surface area contributed by atoms with E-state index in [4.69, 9.17) is 0 Å². The van der Waals surface area contributed by atoms with Gasteiger partial charge in [0.15, 0.2) is 5.96 Å². The number of aromatic nitrogens is 1. The summed E-state index contributed by atoms with van der Waals surface area (Å²) in [6, 6.07) is 2.83. The summed E-state index contributed by atoms with van der Waals surface area (Å²) in [6.45, 7) is 2.42. The highest BCUT2D eigenvalue weighted by molar-refractivity contribution is 7.89. The number of hydrogen-bond donors (Lipinski definition) is 3. The lowest BCUT2D eigenvalue weighted by Crippen LogP contribution is -2.45. The first-order valence-corrected chi connectivity index (χ1v) is 10.4. The van der Waals surface area contributed by atoms with E-state index < -0.39 is 22.7 Å². The summed E-state index contributed by atoms with van der Waals surface area (Å²) in [4.78, 5) is 9.48. The van der Waals surface area contributed by atoms with E-state index in [0.29, 0.717) is 25.5 Å². The number of aliphatic imine (C=N–C) groups is 1. The fraction of sp³-hybridized carbons (Fsp3) is 0.625. The van der Waals surface area contributed by atoms with Crippen molar-refractivity contribution in [2.45, 2.75) is 30.5 Å². The van der Waals surface area contributed by atoms with E-state index >= 15 is 0 Å². The molecule has 3 N–H and O–H groups in total. The molecular formula is C16H25F3N6O2S. The van der Waals surface area contributed by atoms with E-state index in [1.807, 2.05) is 6.92 Å². The molecule has 1 unspecified atom stereocenters. The molecule has 0 amide bonds. The van der Waals surface area contributed by atoms with E-state index in [1.54, 1.807) is 0 Å². The molecule has 0 saturated carbocycles. The van der Waals surface area contributed by atoms with Crippen LogP contribution in [0, 0.1) is 0 Å². The van der Waals surface area contributed by atoms with Crippen molar-refractivity contribution in [2.24, 2.45) is 4.99 Å². The number of guanidine groups is 1. The topological polar surface area (TPSA) is 98.7 Å². The second kappa shape index (κ2) is 10.0. The molecule has 1 saturated heterocycles. The zero-order chi connectivity index (χ0) is 20.6. The molecule has 0 aromatic carbocycles. The fourth-order valence-corrected chi connectivity index (χ4v) is 3.78. The minimum absolute atomic E-state index is 0.0692. The molecule has 2 heterocycles. The Morgan fingerprint density at radius 1 is 1.43 bits per heavy atom. The molecule has 1 aromatic heterocycles. The van der Waals surface area contributed by atoms with Gasteiger partial charge in [0.05, 0.1) is 13.1 Å². The van der Waals surface area contributed by atoms with Gasteiger partial charge < -0.3 is 10.6 Å². The Bertz CT molecular complexity index is 742. The van der Waals surface area contributed by atoms with Crippen molar-refractivity contribution >= 4 is 16.0 Å². The molecule has 12 heteroatoms. The van der Waals surface area contributed by atoms with Crippen molar-refractivity contribution in [1.82, 2.24) is 25.2 Å². The van der Waals surface area contributed by atoms with Crippen LogP contribution < -0.4 is 15.4 Å². The third kappa shape index (κ3) is 7.60. The number of sulfonamides is 1. The van der Waals surface area contributed by atoms with Gasteiger partial charge in [-0.1, -0.05) is 0 Å². The van der Waals surface area contributed by atoms with Crippen LogP contribution in [-0.4, -0.2) is 75.7 Å². The quantitative estimate of drug-likeness (QED) is 0.322. The summed E-state index contributed by atoms with van der Waals surface area (Å²) in [5.74, 6) is 0.446. The van der Waals surface area contributed by atoms with Gasteiger partial charge in [0.25, 0.3) is 0 Å². The van der Waals surface area contributed by atoms with E-state index in [-0.39, 0.29) is 30.6 Å². The van der Waals surface area contributed by atoms with Gasteiger partial charge >= 0.3 is 6.18 Å². The summed E-state index contributed by atoms with van der Waals surface area (Å²) in [6.07, 6.45) is -0.895. The SMILES string of the molecule is CCNC(=NCCNS(=O)(=O)c1cccnc1)NC1CCN(CC(F)(F)F)C1. The van der Waals surface area contributed by atoms with Crippen molar-refractivity contribution < 1.29 is 21.6 Å². The van der Waals surface area contributed by atoms with Gasteiger partial charge in [-0.2, -0.15) is 13.2 Å². The van der Waals surface area contributed by atoms with Crippen LogP contribution in [0.5, 0.6) is 0 Å². The minimum atomic E-state index is -4.21. The Morgan fingerprint density at radius 3 is 2.86 bits per heavy atom. The van der Waals surface area contributed by atoms with Crippen molar-refractivity contribution in [1.29, 1.82) is 0 Å². The van der Waals surface area contributed by atoms with Crippen LogP contribution in [-0.2, 0) is 10.0 Å². The van der Waals surface area contributed by atoms with Crippen LogP contribution in [0.1, 0.15) is 13.3 Å². The summed E-state index contributed by atoms with van der Waals surface area (Å²) in [5.41, 5.74) is 0. The number of hydrogen-bond acceptors (Lipinski definition) is 5. The molecule has 0 radical (unpaired) electrons. The van der Waals surface area contributed by atoms with Crippen LogP contribution >= 0.6 is 0 Å². The maximum atomic E-state index is 12.5. The largest absolute Gasteiger partial charge is 0.401 e. The number of likely N-dealkylation sites (tertiary alicyclic amines) is 1. The summed E-state index contributed by atoms with van der Waals surface area (Å²) >= 11 is 0. The predicted molar refractivity (Wildman–Crippen MR) is 99.4 cm³/mol. The zero-order valence-corrected chi connectivity index (χ0v) is 16.4. The van der Waals surface area contributed by atoms with Gasteiger partial charge in [-0.3, -0.25) is 14.9 Å². The van der Waals surface area contributed by atoms with Gasteiger partial charge in [-0.15, -0.1) is 0 Å². The Kier molecular flexibility index (Phi) is 8.01. The normalized spacial score (nSPS) is 19.0. The second-order valence-electron chi connectivity index (χ2n) is 6.33. The van der Waals surface area contributed by atoms with Crippen LogP contribution in [0.4, 0.5) is 13.2 Å². The van der Waals surface area contributed by atoms with Crippen molar-refractivity contribution in [3.63, 3.8) is 0 Å². The van der Waals surface area contributed by atoms with E-state index in [1.165, 1.54) is 29.4 Å². The first-order valence-electron chi connectivity index (χ1n) is 8.93. The molecule has 0 aliphatic carbocycles. The number of nitrogens with one attached hydrogen (secondary N) is 3. The number of pyridine rings is 1. The lowest BCUT2D eigenvalue weighted by Gasteiger charge is -2.19. The Hall–Kier alpha value is -1.92. The molecule has 1 aliphatic heterocycles. The Labute approximate surface area is 162 Å². The monoisotopic (exact) mass is 422 g/mol. The second-order valence-corrected chi connectivity index (χ2v) is 8.09. The Balaban J connectivity index is 1.82. The van der Waals surface area contributed by atoms with E-state index in [0.717, 1.165) is 0 Å². The highest BCUT2D eigenvalue weighted by atomic mass is 32.2. The molecular weight excluding hydrogens is 397 g/mol. The van der Waals surface area contributed by atoms with Gasteiger partial charge in [0.2, 0.25) is 10.0 Å². The first kappa shape index (κ1) is 22.4. The van der Waals surface area contributed by atoms with Gasteiger partial charge in [0, 0.05) is 44.6 Å². The highest BCUT2D eigenvalue weighted by Crippen LogP contribution is 2.19. The summed E-state index contributed by atoms with van der Waals surface area (Å²) in [7, 11) is -3.65.